The molecule has 0 amide bonds. The Morgan fingerprint density at radius 1 is 1.67 bits per heavy atom. The number of nitrogens with zero attached hydrogens (tertiary/aromatic N) is 1. The first-order chi connectivity index (χ1) is 5.61. The molecule has 66 valence electrons. The number of carboxylic acid groups (broad SMARTS) is 1. The van der Waals surface area contributed by atoms with E-state index in [4.69, 9.17) is 10.8 Å². The molecule has 4 nitrogen and oxygen atoms in total. The van der Waals surface area contributed by atoms with E-state index in [1.807, 2.05) is 0 Å². The van der Waals surface area contributed by atoms with Crippen molar-refractivity contribution in [3.8, 4) is 0 Å². The van der Waals surface area contributed by atoms with Gasteiger partial charge in [-0.3, -0.25) is 4.99 Å². The summed E-state index contributed by atoms with van der Waals surface area (Å²) in [4.78, 5) is 14.6. The molecule has 0 radical (unpaired) electrons. The minimum atomic E-state index is -1.01. The van der Waals surface area contributed by atoms with E-state index in [-0.39, 0.29) is 5.57 Å². The molecule has 1 aliphatic carbocycles. The molecule has 0 aliphatic heterocycles. The van der Waals surface area contributed by atoms with E-state index in [1.165, 1.54) is 6.21 Å². The van der Waals surface area contributed by atoms with Crippen molar-refractivity contribution in [1.82, 2.24) is 0 Å². The van der Waals surface area contributed by atoms with E-state index in [1.54, 1.807) is 6.92 Å². The van der Waals surface area contributed by atoms with Gasteiger partial charge in [0.2, 0.25) is 0 Å². The highest BCUT2D eigenvalue weighted by molar-refractivity contribution is 6.09. The number of aliphatic carboxylic acids is 1. The molecular weight excluding hydrogens is 156 g/mol. The Morgan fingerprint density at radius 2 is 2.25 bits per heavy atom. The van der Waals surface area contributed by atoms with Crippen LogP contribution in [0.1, 0.15) is 19.8 Å². The summed E-state index contributed by atoms with van der Waals surface area (Å²) in [6.07, 6.45) is 3.48. The van der Waals surface area contributed by atoms with Crippen LogP contribution in [0.4, 0.5) is 0 Å². The van der Waals surface area contributed by atoms with E-state index >= 15 is 0 Å². The zero-order chi connectivity index (χ0) is 9.14. The largest absolute Gasteiger partial charge is 0.478 e. The van der Waals surface area contributed by atoms with Crippen molar-refractivity contribution in [2.24, 2.45) is 10.7 Å². The first-order valence-corrected chi connectivity index (χ1v) is 3.84. The summed E-state index contributed by atoms with van der Waals surface area (Å²) in [7, 11) is 0. The van der Waals surface area contributed by atoms with Gasteiger partial charge in [-0.2, -0.15) is 0 Å². The van der Waals surface area contributed by atoms with Crippen LogP contribution in [0.15, 0.2) is 16.3 Å². The average molecular weight is 168 g/mol. The molecule has 0 aromatic heterocycles. The van der Waals surface area contributed by atoms with Gasteiger partial charge in [-0.1, -0.05) is 0 Å². The first kappa shape index (κ1) is 8.77. The molecule has 0 aromatic carbocycles. The van der Waals surface area contributed by atoms with Gasteiger partial charge < -0.3 is 10.8 Å². The Labute approximate surface area is 70.8 Å². The van der Waals surface area contributed by atoms with Crippen molar-refractivity contribution < 1.29 is 9.90 Å². The predicted molar refractivity (Wildman–Crippen MR) is 46.0 cm³/mol. The minimum absolute atomic E-state index is 0.0990. The normalized spacial score (nSPS) is 19.4. The fourth-order valence-electron chi connectivity index (χ4n) is 0.729. The fourth-order valence-corrected chi connectivity index (χ4v) is 0.729. The van der Waals surface area contributed by atoms with Crippen LogP contribution in [-0.4, -0.2) is 23.3 Å². The van der Waals surface area contributed by atoms with Gasteiger partial charge in [-0.05, 0) is 19.8 Å². The third kappa shape index (κ3) is 2.38. The zero-order valence-electron chi connectivity index (χ0n) is 6.95. The van der Waals surface area contributed by atoms with Gasteiger partial charge in [0, 0.05) is 11.9 Å². The molecule has 0 spiro atoms. The summed E-state index contributed by atoms with van der Waals surface area (Å²) < 4.78 is 0. The Morgan fingerprint density at radius 3 is 2.58 bits per heavy atom. The molecule has 1 aliphatic rings. The number of allylic oxidation sites excluding steroid dienone is 1. The van der Waals surface area contributed by atoms with Gasteiger partial charge >= 0.3 is 5.97 Å². The Hall–Kier alpha value is -1.32. The number of rotatable bonds is 3. The van der Waals surface area contributed by atoms with Crippen LogP contribution in [-0.2, 0) is 4.79 Å². The van der Waals surface area contributed by atoms with Crippen molar-refractivity contribution in [3.63, 3.8) is 0 Å². The van der Waals surface area contributed by atoms with Gasteiger partial charge in [0.1, 0.15) is 0 Å². The third-order valence-electron chi connectivity index (χ3n) is 1.62. The lowest BCUT2D eigenvalue weighted by molar-refractivity contribution is -0.132. The topological polar surface area (TPSA) is 75.7 Å². The smallest absolute Gasteiger partial charge is 0.339 e. The third-order valence-corrected chi connectivity index (χ3v) is 1.62. The molecule has 0 saturated heterocycles. The highest BCUT2D eigenvalue weighted by atomic mass is 16.4. The zero-order valence-corrected chi connectivity index (χ0v) is 6.95. The summed E-state index contributed by atoms with van der Waals surface area (Å²) in [6.45, 7) is 1.56. The molecule has 1 saturated carbocycles. The molecule has 1 rings (SSSR count). The molecule has 0 bridgehead atoms. The first-order valence-electron chi connectivity index (χ1n) is 3.84. The highest BCUT2D eigenvalue weighted by Gasteiger charge is 2.19. The van der Waals surface area contributed by atoms with Crippen LogP contribution >= 0.6 is 0 Å². The lowest BCUT2D eigenvalue weighted by Gasteiger charge is -1.96. The molecule has 0 unspecified atom stereocenters. The lowest BCUT2D eigenvalue weighted by Crippen LogP contribution is -2.09. The second-order valence-electron chi connectivity index (χ2n) is 2.91. The summed E-state index contributed by atoms with van der Waals surface area (Å²) in [5.41, 5.74) is 5.75. The van der Waals surface area contributed by atoms with Gasteiger partial charge in [0.25, 0.3) is 0 Å². The van der Waals surface area contributed by atoms with Gasteiger partial charge in [-0.15, -0.1) is 0 Å². The van der Waals surface area contributed by atoms with Crippen LogP contribution in [0.3, 0.4) is 0 Å². The second kappa shape index (κ2) is 3.38. The molecule has 0 atom stereocenters. The van der Waals surface area contributed by atoms with E-state index in [2.05, 4.69) is 4.99 Å². The van der Waals surface area contributed by atoms with Crippen LogP contribution in [0.2, 0.25) is 0 Å². The average Bonchev–Trinajstić information content (AvgIpc) is 2.69. The maximum Gasteiger partial charge on any atom is 0.339 e. The quantitative estimate of drug-likeness (QED) is 0.477. The van der Waals surface area contributed by atoms with Gasteiger partial charge in [-0.25, -0.2) is 4.79 Å². The van der Waals surface area contributed by atoms with Crippen molar-refractivity contribution in [1.29, 1.82) is 0 Å². The van der Waals surface area contributed by atoms with Crippen LogP contribution in [0.25, 0.3) is 0 Å². The summed E-state index contributed by atoms with van der Waals surface area (Å²) in [5.74, 6) is -1.01. The van der Waals surface area contributed by atoms with Crippen LogP contribution in [0.5, 0.6) is 0 Å². The molecule has 1 fully saturated rings. The molecule has 0 heterocycles. The number of nitrogens with two attached hydrogens (primary N) is 1. The number of hydrogen-bond donors (Lipinski definition) is 2. The van der Waals surface area contributed by atoms with Crippen molar-refractivity contribution >= 4 is 12.2 Å². The standard InChI is InChI=1S/C8H12N2O2/c1-5(9)7(8(11)12)4-10-6-2-3-6/h4,6H,2-3,9H2,1H3,(H,11,12). The van der Waals surface area contributed by atoms with Crippen molar-refractivity contribution in [2.75, 3.05) is 0 Å². The van der Waals surface area contributed by atoms with Crippen LogP contribution in [0, 0.1) is 0 Å². The Bertz CT molecular complexity index is 248. The predicted octanol–water partition coefficient (Wildman–Crippen LogP) is 0.537. The maximum absolute atomic E-state index is 10.5. The monoisotopic (exact) mass is 168 g/mol. The molecule has 3 N–H and O–H groups in total. The molecular formula is C8H12N2O2. The fraction of sp³-hybridized carbons (Fsp3) is 0.500. The lowest BCUT2D eigenvalue weighted by atomic mass is 10.2. The van der Waals surface area contributed by atoms with Crippen molar-refractivity contribution in [3.05, 3.63) is 11.3 Å². The number of carboxylic acids is 1. The molecule has 4 heteroatoms. The van der Waals surface area contributed by atoms with E-state index in [0.29, 0.717) is 11.7 Å². The minimum Gasteiger partial charge on any atom is -0.478 e. The maximum atomic E-state index is 10.5. The van der Waals surface area contributed by atoms with Gasteiger partial charge in [0.05, 0.1) is 11.6 Å². The Kier molecular flexibility index (Phi) is 2.47. The summed E-state index contributed by atoms with van der Waals surface area (Å²) >= 11 is 0. The molecule has 12 heavy (non-hydrogen) atoms. The van der Waals surface area contributed by atoms with Gasteiger partial charge in [0.15, 0.2) is 0 Å². The molecule has 0 aromatic rings. The number of aliphatic imine (C=N–C) groups is 1. The van der Waals surface area contributed by atoms with E-state index in [9.17, 15) is 4.79 Å². The summed E-state index contributed by atoms with van der Waals surface area (Å²) in [6, 6.07) is 0.332. The number of carbonyl (C=O) groups is 1. The van der Waals surface area contributed by atoms with E-state index < -0.39 is 5.97 Å². The SMILES string of the molecule is CC(N)=C(C=NC1CC1)C(=O)O. The van der Waals surface area contributed by atoms with Crippen LogP contribution < -0.4 is 5.73 Å². The second-order valence-corrected chi connectivity index (χ2v) is 2.91. The van der Waals surface area contributed by atoms with Crippen molar-refractivity contribution in [2.45, 2.75) is 25.8 Å². The highest BCUT2D eigenvalue weighted by Crippen LogP contribution is 2.23. The van der Waals surface area contributed by atoms with E-state index in [0.717, 1.165) is 12.8 Å². The number of hydrogen-bond acceptors (Lipinski definition) is 3. The summed E-state index contributed by atoms with van der Waals surface area (Å²) in [5, 5.41) is 8.65. The Balaban J connectivity index is 2.66.